The van der Waals surface area contributed by atoms with Gasteiger partial charge in [0.15, 0.2) is 5.96 Å². The summed E-state index contributed by atoms with van der Waals surface area (Å²) in [5, 5.41) is 9.70. The topological polar surface area (TPSA) is 68.8 Å². The first-order chi connectivity index (χ1) is 14.7. The van der Waals surface area contributed by atoms with Crippen LogP contribution >= 0.6 is 0 Å². The molecule has 30 heavy (non-hydrogen) atoms. The van der Waals surface area contributed by atoms with Gasteiger partial charge in [0.1, 0.15) is 0 Å². The minimum atomic E-state index is -0.0434. The molecular formula is C24H33N5O. The van der Waals surface area contributed by atoms with Gasteiger partial charge in [-0.2, -0.15) is 0 Å². The van der Waals surface area contributed by atoms with Crippen molar-refractivity contribution < 1.29 is 4.79 Å². The molecule has 3 rings (SSSR count). The first-order valence-corrected chi connectivity index (χ1v) is 10.8. The van der Waals surface area contributed by atoms with Crippen molar-refractivity contribution in [2.75, 3.05) is 33.2 Å². The van der Waals surface area contributed by atoms with Crippen molar-refractivity contribution in [2.24, 2.45) is 4.99 Å². The van der Waals surface area contributed by atoms with Crippen LogP contribution in [0.4, 0.5) is 0 Å². The quantitative estimate of drug-likeness (QED) is 0.465. The molecule has 0 radical (unpaired) electrons. The summed E-state index contributed by atoms with van der Waals surface area (Å²) in [5.41, 5.74) is 3.05. The van der Waals surface area contributed by atoms with Crippen LogP contribution in [0, 0.1) is 0 Å². The molecule has 160 valence electrons. The number of amides is 1. The average Bonchev–Trinajstić information content (AvgIpc) is 3.32. The van der Waals surface area contributed by atoms with Crippen LogP contribution in [0.15, 0.2) is 59.6 Å². The Balaban J connectivity index is 1.58. The third kappa shape index (κ3) is 6.07. The van der Waals surface area contributed by atoms with E-state index in [2.05, 4.69) is 56.2 Å². The van der Waals surface area contributed by atoms with Crippen LogP contribution in [0.2, 0.25) is 0 Å². The molecule has 0 aliphatic carbocycles. The zero-order chi connectivity index (χ0) is 21.2. The number of hydrogen-bond donors (Lipinski definition) is 3. The standard InChI is InChI=1S/C24H33N5O/c1-3-26-23(30)21-13-9-10-19(16-21)17-27-24(25-2)28-18-22(29-14-7-8-15-29)20-11-5-4-6-12-20/h4-6,9-13,16,22H,3,7-8,14-15,17-18H2,1-2H3,(H,26,30)(H2,25,27,28). The molecule has 0 aromatic heterocycles. The van der Waals surface area contributed by atoms with Gasteiger partial charge in [-0.3, -0.25) is 14.7 Å². The number of nitrogens with zero attached hydrogens (tertiary/aromatic N) is 2. The molecule has 6 heteroatoms. The van der Waals surface area contributed by atoms with Crippen molar-refractivity contribution in [3.05, 3.63) is 71.3 Å². The number of rotatable bonds is 8. The third-order valence-corrected chi connectivity index (χ3v) is 5.44. The lowest BCUT2D eigenvalue weighted by Crippen LogP contribution is -2.42. The molecule has 1 unspecified atom stereocenters. The fourth-order valence-electron chi connectivity index (χ4n) is 3.87. The number of hydrogen-bond acceptors (Lipinski definition) is 3. The molecule has 1 fully saturated rings. The summed E-state index contributed by atoms with van der Waals surface area (Å²) in [6, 6.07) is 18.7. The van der Waals surface area contributed by atoms with Crippen LogP contribution in [0.25, 0.3) is 0 Å². The molecule has 1 heterocycles. The van der Waals surface area contributed by atoms with E-state index >= 15 is 0 Å². The number of carbonyl (C=O) groups excluding carboxylic acids is 1. The highest BCUT2D eigenvalue weighted by Gasteiger charge is 2.23. The Hall–Kier alpha value is -2.86. The first-order valence-electron chi connectivity index (χ1n) is 10.8. The Morgan fingerprint density at radius 3 is 2.50 bits per heavy atom. The van der Waals surface area contributed by atoms with Gasteiger partial charge < -0.3 is 16.0 Å². The Kier molecular flexibility index (Phi) is 8.27. The predicted molar refractivity (Wildman–Crippen MR) is 123 cm³/mol. The van der Waals surface area contributed by atoms with E-state index in [1.54, 1.807) is 7.05 Å². The monoisotopic (exact) mass is 407 g/mol. The first kappa shape index (κ1) is 21.8. The van der Waals surface area contributed by atoms with Crippen molar-refractivity contribution in [1.82, 2.24) is 20.9 Å². The lowest BCUT2D eigenvalue weighted by atomic mass is 10.1. The summed E-state index contributed by atoms with van der Waals surface area (Å²) < 4.78 is 0. The van der Waals surface area contributed by atoms with Gasteiger partial charge in [0, 0.05) is 32.2 Å². The molecule has 0 saturated carbocycles. The maximum absolute atomic E-state index is 12.1. The van der Waals surface area contributed by atoms with Crippen LogP contribution in [0.3, 0.4) is 0 Å². The summed E-state index contributed by atoms with van der Waals surface area (Å²) in [6.07, 6.45) is 2.52. The summed E-state index contributed by atoms with van der Waals surface area (Å²) in [7, 11) is 1.79. The van der Waals surface area contributed by atoms with E-state index in [0.717, 1.165) is 31.2 Å². The van der Waals surface area contributed by atoms with Crippen LogP contribution in [-0.4, -0.2) is 50.0 Å². The SMILES string of the molecule is CCNC(=O)c1cccc(CNC(=NC)NCC(c2ccccc2)N2CCCC2)c1. The lowest BCUT2D eigenvalue weighted by Gasteiger charge is -2.29. The Morgan fingerprint density at radius 1 is 1.03 bits per heavy atom. The molecule has 1 atom stereocenters. The largest absolute Gasteiger partial charge is 0.354 e. The van der Waals surface area contributed by atoms with Gasteiger partial charge in [-0.15, -0.1) is 0 Å². The number of nitrogens with one attached hydrogen (secondary N) is 3. The van der Waals surface area contributed by atoms with Crippen LogP contribution in [-0.2, 0) is 6.54 Å². The summed E-state index contributed by atoms with van der Waals surface area (Å²) in [4.78, 5) is 19.0. The van der Waals surface area contributed by atoms with Gasteiger partial charge in [0.05, 0.1) is 6.04 Å². The smallest absolute Gasteiger partial charge is 0.251 e. The van der Waals surface area contributed by atoms with Gasteiger partial charge in [-0.25, -0.2) is 0 Å². The van der Waals surface area contributed by atoms with E-state index in [1.165, 1.54) is 18.4 Å². The molecule has 1 aliphatic rings. The van der Waals surface area contributed by atoms with Crippen molar-refractivity contribution in [1.29, 1.82) is 0 Å². The van der Waals surface area contributed by atoms with Gasteiger partial charge >= 0.3 is 0 Å². The van der Waals surface area contributed by atoms with Crippen molar-refractivity contribution in [3.8, 4) is 0 Å². The number of guanidine groups is 1. The molecule has 6 nitrogen and oxygen atoms in total. The van der Waals surface area contributed by atoms with E-state index in [0.29, 0.717) is 24.7 Å². The van der Waals surface area contributed by atoms with Crippen LogP contribution in [0.5, 0.6) is 0 Å². The summed E-state index contributed by atoms with van der Waals surface area (Å²) in [5.74, 6) is 0.719. The zero-order valence-electron chi connectivity index (χ0n) is 18.0. The lowest BCUT2D eigenvalue weighted by molar-refractivity contribution is 0.0955. The van der Waals surface area contributed by atoms with Gasteiger partial charge in [0.25, 0.3) is 5.91 Å². The number of aliphatic imine (C=N–C) groups is 1. The van der Waals surface area contributed by atoms with E-state index in [4.69, 9.17) is 0 Å². The molecule has 2 aromatic carbocycles. The minimum absolute atomic E-state index is 0.0434. The summed E-state index contributed by atoms with van der Waals surface area (Å²) >= 11 is 0. The Morgan fingerprint density at radius 2 is 1.80 bits per heavy atom. The second kappa shape index (κ2) is 11.4. The van der Waals surface area contributed by atoms with Crippen molar-refractivity contribution >= 4 is 11.9 Å². The molecule has 1 saturated heterocycles. The van der Waals surface area contributed by atoms with E-state index in [1.807, 2.05) is 31.2 Å². The highest BCUT2D eigenvalue weighted by atomic mass is 16.1. The molecule has 2 aromatic rings. The van der Waals surface area contributed by atoms with Gasteiger partial charge in [0.2, 0.25) is 0 Å². The predicted octanol–water partition coefficient (Wildman–Crippen LogP) is 2.94. The molecule has 1 aliphatic heterocycles. The molecular weight excluding hydrogens is 374 g/mol. The fourth-order valence-corrected chi connectivity index (χ4v) is 3.87. The molecule has 1 amide bonds. The van der Waals surface area contributed by atoms with Crippen molar-refractivity contribution in [2.45, 2.75) is 32.4 Å². The highest BCUT2D eigenvalue weighted by Crippen LogP contribution is 2.24. The molecule has 3 N–H and O–H groups in total. The van der Waals surface area contributed by atoms with Gasteiger partial charge in [-0.1, -0.05) is 42.5 Å². The van der Waals surface area contributed by atoms with E-state index in [9.17, 15) is 4.79 Å². The number of likely N-dealkylation sites (tertiary alicyclic amines) is 1. The molecule has 0 spiro atoms. The van der Waals surface area contributed by atoms with Crippen LogP contribution in [0.1, 0.15) is 47.3 Å². The molecule has 0 bridgehead atoms. The van der Waals surface area contributed by atoms with E-state index < -0.39 is 0 Å². The number of carbonyl (C=O) groups is 1. The van der Waals surface area contributed by atoms with Gasteiger partial charge in [-0.05, 0) is 56.1 Å². The maximum atomic E-state index is 12.1. The second-order valence-electron chi connectivity index (χ2n) is 7.54. The third-order valence-electron chi connectivity index (χ3n) is 5.44. The Bertz CT molecular complexity index is 830. The van der Waals surface area contributed by atoms with Crippen LogP contribution < -0.4 is 16.0 Å². The zero-order valence-corrected chi connectivity index (χ0v) is 18.0. The maximum Gasteiger partial charge on any atom is 0.251 e. The minimum Gasteiger partial charge on any atom is -0.354 e. The highest BCUT2D eigenvalue weighted by molar-refractivity contribution is 5.94. The fraction of sp³-hybridized carbons (Fsp3) is 0.417. The number of benzene rings is 2. The summed E-state index contributed by atoms with van der Waals surface area (Å²) in [6.45, 7) is 6.22. The Labute approximate surface area is 179 Å². The van der Waals surface area contributed by atoms with Crippen molar-refractivity contribution in [3.63, 3.8) is 0 Å². The average molecular weight is 408 g/mol. The normalized spacial score (nSPS) is 15.6. The second-order valence-corrected chi connectivity index (χ2v) is 7.54. The van der Waals surface area contributed by atoms with E-state index in [-0.39, 0.29) is 5.91 Å².